The second-order valence-corrected chi connectivity index (χ2v) is 3.79. The Labute approximate surface area is 85.9 Å². The molecule has 0 aliphatic rings. The highest BCUT2D eigenvalue weighted by Gasteiger charge is 2.15. The van der Waals surface area contributed by atoms with Crippen molar-refractivity contribution in [2.45, 2.75) is 32.9 Å². The molecule has 0 spiro atoms. The molecule has 0 bridgehead atoms. The quantitative estimate of drug-likeness (QED) is 0.790. The third kappa shape index (κ3) is 2.45. The Kier molecular flexibility index (Phi) is 3.89. The lowest BCUT2D eigenvalue weighted by molar-refractivity contribution is 0.580. The fraction of sp³-hybridized carbons (Fsp3) is 0.545. The van der Waals surface area contributed by atoms with E-state index in [1.165, 1.54) is 5.69 Å². The number of aromatic nitrogens is 1. The average Bonchev–Trinajstić information content (AvgIpc) is 2.19. The minimum absolute atomic E-state index is 0.359. The molecule has 1 rings (SSSR count). The van der Waals surface area contributed by atoms with Crippen LogP contribution in [0.3, 0.4) is 0 Å². The lowest BCUT2D eigenvalue weighted by Gasteiger charge is -2.34. The van der Waals surface area contributed by atoms with E-state index in [0.29, 0.717) is 18.6 Å². The smallest absolute Gasteiger partial charge is 0.0402 e. The van der Waals surface area contributed by atoms with Crippen molar-refractivity contribution >= 4 is 5.69 Å². The maximum Gasteiger partial charge on any atom is 0.0402 e. The highest BCUT2D eigenvalue weighted by atomic mass is 15.2. The summed E-state index contributed by atoms with van der Waals surface area (Å²) in [5.41, 5.74) is 6.88. The average molecular weight is 193 g/mol. The summed E-state index contributed by atoms with van der Waals surface area (Å²) in [7, 11) is 0. The lowest BCUT2D eigenvalue weighted by Crippen LogP contribution is -2.43. The van der Waals surface area contributed by atoms with Crippen LogP contribution < -0.4 is 10.6 Å². The first-order valence-corrected chi connectivity index (χ1v) is 5.05. The van der Waals surface area contributed by atoms with Gasteiger partial charge >= 0.3 is 0 Å². The zero-order chi connectivity index (χ0) is 10.6. The van der Waals surface area contributed by atoms with Crippen LogP contribution in [0.15, 0.2) is 24.5 Å². The van der Waals surface area contributed by atoms with Gasteiger partial charge in [-0.3, -0.25) is 4.98 Å². The Morgan fingerprint density at radius 2 is 1.86 bits per heavy atom. The van der Waals surface area contributed by atoms with Gasteiger partial charge < -0.3 is 10.6 Å². The SMILES string of the molecule is CC(C)N(c1ccncc1)C(C)CN. The Balaban J connectivity index is 2.89. The number of nitrogens with two attached hydrogens (primary N) is 1. The molecule has 78 valence electrons. The largest absolute Gasteiger partial charge is 0.365 e. The number of hydrogen-bond donors (Lipinski definition) is 1. The molecule has 1 heterocycles. The molecule has 0 radical (unpaired) electrons. The molecular weight excluding hydrogens is 174 g/mol. The first-order chi connectivity index (χ1) is 6.66. The fourth-order valence-electron chi connectivity index (χ4n) is 1.69. The van der Waals surface area contributed by atoms with E-state index in [4.69, 9.17) is 5.73 Å². The van der Waals surface area contributed by atoms with E-state index < -0.39 is 0 Å². The van der Waals surface area contributed by atoms with Crippen molar-refractivity contribution in [3.8, 4) is 0 Å². The number of rotatable bonds is 4. The van der Waals surface area contributed by atoms with Gasteiger partial charge in [-0.25, -0.2) is 0 Å². The van der Waals surface area contributed by atoms with E-state index in [2.05, 4.69) is 30.7 Å². The molecule has 0 amide bonds. The molecule has 0 aromatic carbocycles. The summed E-state index contributed by atoms with van der Waals surface area (Å²) < 4.78 is 0. The number of pyridine rings is 1. The van der Waals surface area contributed by atoms with Gasteiger partial charge in [-0.2, -0.15) is 0 Å². The molecule has 1 atom stereocenters. The maximum absolute atomic E-state index is 5.69. The molecule has 0 aliphatic heterocycles. The van der Waals surface area contributed by atoms with Crippen LogP contribution in [0, 0.1) is 0 Å². The number of nitrogens with zero attached hydrogens (tertiary/aromatic N) is 2. The monoisotopic (exact) mass is 193 g/mol. The molecule has 0 aliphatic carbocycles. The van der Waals surface area contributed by atoms with Gasteiger partial charge in [-0.05, 0) is 32.9 Å². The standard InChI is InChI=1S/C11H19N3/c1-9(2)14(10(3)8-12)11-4-6-13-7-5-11/h4-7,9-10H,8,12H2,1-3H3. The molecule has 1 unspecified atom stereocenters. The third-order valence-corrected chi connectivity index (χ3v) is 2.33. The minimum Gasteiger partial charge on any atom is -0.365 e. The summed E-state index contributed by atoms with van der Waals surface area (Å²) in [5.74, 6) is 0. The van der Waals surface area contributed by atoms with Crippen molar-refractivity contribution in [3.63, 3.8) is 0 Å². The van der Waals surface area contributed by atoms with Crippen LogP contribution in [-0.4, -0.2) is 23.6 Å². The molecule has 1 aromatic rings. The Morgan fingerprint density at radius 1 is 1.29 bits per heavy atom. The predicted molar refractivity (Wildman–Crippen MR) is 60.4 cm³/mol. The molecular formula is C11H19N3. The van der Waals surface area contributed by atoms with Crippen molar-refractivity contribution in [2.75, 3.05) is 11.4 Å². The van der Waals surface area contributed by atoms with Crippen LogP contribution in [-0.2, 0) is 0 Å². The number of anilines is 1. The topological polar surface area (TPSA) is 42.2 Å². The van der Waals surface area contributed by atoms with E-state index in [0.717, 1.165) is 0 Å². The first-order valence-electron chi connectivity index (χ1n) is 5.05. The zero-order valence-corrected chi connectivity index (χ0v) is 9.14. The molecule has 0 saturated carbocycles. The molecule has 0 saturated heterocycles. The second-order valence-electron chi connectivity index (χ2n) is 3.79. The normalized spacial score (nSPS) is 12.9. The third-order valence-electron chi connectivity index (χ3n) is 2.33. The maximum atomic E-state index is 5.69. The Bertz CT molecular complexity index is 258. The van der Waals surface area contributed by atoms with Gasteiger partial charge in [0, 0.05) is 36.7 Å². The van der Waals surface area contributed by atoms with Gasteiger partial charge in [0.2, 0.25) is 0 Å². The summed E-state index contributed by atoms with van der Waals surface area (Å²) in [4.78, 5) is 6.32. The predicted octanol–water partition coefficient (Wildman–Crippen LogP) is 1.64. The Hall–Kier alpha value is -1.09. The van der Waals surface area contributed by atoms with E-state index in [1.54, 1.807) is 0 Å². The summed E-state index contributed by atoms with van der Waals surface area (Å²) >= 11 is 0. The van der Waals surface area contributed by atoms with E-state index in [-0.39, 0.29) is 0 Å². The van der Waals surface area contributed by atoms with Crippen molar-refractivity contribution < 1.29 is 0 Å². The highest BCUT2D eigenvalue weighted by Crippen LogP contribution is 2.18. The summed E-state index contributed by atoms with van der Waals surface area (Å²) in [6.07, 6.45) is 3.63. The van der Waals surface area contributed by atoms with Crippen LogP contribution in [0.1, 0.15) is 20.8 Å². The van der Waals surface area contributed by atoms with Gasteiger partial charge in [-0.15, -0.1) is 0 Å². The van der Waals surface area contributed by atoms with E-state index in [1.807, 2.05) is 24.5 Å². The van der Waals surface area contributed by atoms with Gasteiger partial charge in [0.15, 0.2) is 0 Å². The minimum atomic E-state index is 0.359. The van der Waals surface area contributed by atoms with Crippen LogP contribution in [0.5, 0.6) is 0 Å². The van der Waals surface area contributed by atoms with Gasteiger partial charge in [0.25, 0.3) is 0 Å². The number of hydrogen-bond acceptors (Lipinski definition) is 3. The summed E-state index contributed by atoms with van der Waals surface area (Å²) in [6.45, 7) is 7.15. The van der Waals surface area contributed by atoms with Crippen LogP contribution >= 0.6 is 0 Å². The molecule has 1 aromatic heterocycles. The molecule has 3 nitrogen and oxygen atoms in total. The summed E-state index contributed by atoms with van der Waals surface area (Å²) in [5, 5.41) is 0. The lowest BCUT2D eigenvalue weighted by atomic mass is 10.2. The molecule has 14 heavy (non-hydrogen) atoms. The van der Waals surface area contributed by atoms with Gasteiger partial charge in [-0.1, -0.05) is 0 Å². The molecule has 3 heteroatoms. The van der Waals surface area contributed by atoms with Crippen LogP contribution in [0.25, 0.3) is 0 Å². The molecule has 0 fully saturated rings. The zero-order valence-electron chi connectivity index (χ0n) is 9.14. The van der Waals surface area contributed by atoms with E-state index >= 15 is 0 Å². The van der Waals surface area contributed by atoms with Crippen LogP contribution in [0.2, 0.25) is 0 Å². The van der Waals surface area contributed by atoms with Gasteiger partial charge in [0.05, 0.1) is 0 Å². The van der Waals surface area contributed by atoms with Crippen molar-refractivity contribution in [1.82, 2.24) is 4.98 Å². The summed E-state index contributed by atoms with van der Waals surface area (Å²) in [6, 6.07) is 4.85. The first kappa shape index (κ1) is 11.0. The van der Waals surface area contributed by atoms with Crippen molar-refractivity contribution in [1.29, 1.82) is 0 Å². The van der Waals surface area contributed by atoms with Crippen molar-refractivity contribution in [2.24, 2.45) is 5.73 Å². The van der Waals surface area contributed by atoms with Crippen LogP contribution in [0.4, 0.5) is 5.69 Å². The van der Waals surface area contributed by atoms with Gasteiger partial charge in [0.1, 0.15) is 0 Å². The van der Waals surface area contributed by atoms with E-state index in [9.17, 15) is 0 Å². The van der Waals surface area contributed by atoms with Crippen molar-refractivity contribution in [3.05, 3.63) is 24.5 Å². The molecule has 2 N–H and O–H groups in total. The Morgan fingerprint density at radius 3 is 2.29 bits per heavy atom. The highest BCUT2D eigenvalue weighted by molar-refractivity contribution is 5.46. The fourth-order valence-corrected chi connectivity index (χ4v) is 1.69. The second kappa shape index (κ2) is 4.96.